The maximum Gasteiger partial charge on any atom is 0.393 e. The number of alkyl halides is 3. The smallest absolute Gasteiger partial charge is 0.393 e. The molecule has 0 bridgehead atoms. The number of rotatable bonds is 3. The second-order valence-electron chi connectivity index (χ2n) is 2.98. The van der Waals surface area contributed by atoms with E-state index in [0.717, 1.165) is 19.0 Å². The molecule has 0 aliphatic rings. The SMILES string of the molecule is CO.O=CCc1ccc(CC(F)(F)F)cc1. The lowest BCUT2D eigenvalue weighted by Gasteiger charge is -2.06. The summed E-state index contributed by atoms with van der Waals surface area (Å²) in [4.78, 5) is 10.1. The molecule has 1 aromatic rings. The molecule has 0 aliphatic carbocycles. The average Bonchev–Trinajstić information content (AvgIpc) is 2.22. The van der Waals surface area contributed by atoms with Crippen LogP contribution in [0.2, 0.25) is 0 Å². The number of aliphatic hydroxyl groups is 1. The van der Waals surface area contributed by atoms with Gasteiger partial charge in [0.15, 0.2) is 0 Å². The zero-order chi connectivity index (χ0) is 12.6. The highest BCUT2D eigenvalue weighted by atomic mass is 19.4. The molecular weight excluding hydrogens is 221 g/mol. The summed E-state index contributed by atoms with van der Waals surface area (Å²) in [6, 6.07) is 5.86. The van der Waals surface area contributed by atoms with Crippen LogP contribution >= 0.6 is 0 Å². The number of benzene rings is 1. The van der Waals surface area contributed by atoms with Crippen molar-refractivity contribution in [2.24, 2.45) is 0 Å². The van der Waals surface area contributed by atoms with E-state index < -0.39 is 12.6 Å². The van der Waals surface area contributed by atoms with E-state index in [1.165, 1.54) is 24.3 Å². The van der Waals surface area contributed by atoms with Gasteiger partial charge in [-0.2, -0.15) is 13.2 Å². The first-order chi connectivity index (χ1) is 7.51. The first-order valence-electron chi connectivity index (χ1n) is 4.54. The third-order valence-corrected chi connectivity index (χ3v) is 1.75. The molecule has 0 saturated heterocycles. The van der Waals surface area contributed by atoms with Gasteiger partial charge in [-0.1, -0.05) is 24.3 Å². The van der Waals surface area contributed by atoms with Gasteiger partial charge >= 0.3 is 6.18 Å². The fraction of sp³-hybridized carbons (Fsp3) is 0.364. The Morgan fingerprint density at radius 1 is 1.12 bits per heavy atom. The average molecular weight is 234 g/mol. The van der Waals surface area contributed by atoms with Crippen LogP contribution in [-0.2, 0) is 17.6 Å². The second-order valence-corrected chi connectivity index (χ2v) is 2.98. The Balaban J connectivity index is 0.00000106. The molecule has 5 heteroatoms. The maximum absolute atomic E-state index is 11.9. The molecule has 1 aromatic carbocycles. The van der Waals surface area contributed by atoms with Gasteiger partial charge in [0.1, 0.15) is 6.29 Å². The standard InChI is InChI=1S/C10H9F3O.CH4O/c11-10(12,13)7-9-3-1-8(2-4-9)5-6-14;1-2/h1-4,6H,5,7H2;2H,1H3. The summed E-state index contributed by atoms with van der Waals surface area (Å²) in [6.45, 7) is 0. The van der Waals surface area contributed by atoms with Gasteiger partial charge < -0.3 is 9.90 Å². The van der Waals surface area contributed by atoms with Crippen molar-refractivity contribution in [3.63, 3.8) is 0 Å². The van der Waals surface area contributed by atoms with Gasteiger partial charge in [-0.15, -0.1) is 0 Å². The lowest BCUT2D eigenvalue weighted by atomic mass is 10.1. The maximum atomic E-state index is 11.9. The first kappa shape index (κ1) is 14.6. The summed E-state index contributed by atoms with van der Waals surface area (Å²) in [6.07, 6.45) is -4.13. The third-order valence-electron chi connectivity index (χ3n) is 1.75. The summed E-state index contributed by atoms with van der Waals surface area (Å²) in [5.74, 6) is 0. The number of halogens is 3. The monoisotopic (exact) mass is 234 g/mol. The van der Waals surface area contributed by atoms with Gasteiger partial charge in [-0.25, -0.2) is 0 Å². The van der Waals surface area contributed by atoms with Crippen molar-refractivity contribution in [3.8, 4) is 0 Å². The van der Waals surface area contributed by atoms with Crippen LogP contribution in [0.1, 0.15) is 11.1 Å². The number of hydrogen-bond donors (Lipinski definition) is 1. The number of hydrogen-bond acceptors (Lipinski definition) is 2. The molecule has 0 aromatic heterocycles. The zero-order valence-corrected chi connectivity index (χ0v) is 8.79. The van der Waals surface area contributed by atoms with Gasteiger partial charge in [-0.05, 0) is 11.1 Å². The van der Waals surface area contributed by atoms with Crippen molar-refractivity contribution in [2.45, 2.75) is 19.0 Å². The lowest BCUT2D eigenvalue weighted by Crippen LogP contribution is -2.11. The van der Waals surface area contributed by atoms with Crippen LogP contribution in [-0.4, -0.2) is 24.7 Å². The lowest BCUT2D eigenvalue weighted by molar-refractivity contribution is -0.127. The van der Waals surface area contributed by atoms with E-state index in [1.54, 1.807) is 0 Å². The first-order valence-corrected chi connectivity index (χ1v) is 4.54. The Hall–Kier alpha value is -1.36. The normalized spacial score (nSPS) is 10.3. The van der Waals surface area contributed by atoms with Gasteiger partial charge in [0.25, 0.3) is 0 Å². The molecule has 0 fully saturated rings. The molecule has 0 heterocycles. The molecule has 0 atom stereocenters. The van der Waals surface area contributed by atoms with Gasteiger partial charge in [0, 0.05) is 13.5 Å². The minimum absolute atomic E-state index is 0.215. The Kier molecular flexibility index (Phi) is 6.41. The van der Waals surface area contributed by atoms with E-state index >= 15 is 0 Å². The summed E-state index contributed by atoms with van der Waals surface area (Å²) in [5.41, 5.74) is 0.943. The summed E-state index contributed by atoms with van der Waals surface area (Å²) in [7, 11) is 1.00. The van der Waals surface area contributed by atoms with Crippen molar-refractivity contribution >= 4 is 6.29 Å². The van der Waals surface area contributed by atoms with Crippen LogP contribution < -0.4 is 0 Å². The summed E-state index contributed by atoms with van der Waals surface area (Å²) in [5, 5.41) is 7.00. The molecule has 0 unspecified atom stereocenters. The second kappa shape index (κ2) is 7.00. The molecule has 1 rings (SSSR count). The Labute approximate surface area is 91.7 Å². The van der Waals surface area contributed by atoms with E-state index in [1.807, 2.05) is 0 Å². The molecule has 0 aliphatic heterocycles. The predicted molar refractivity (Wildman–Crippen MR) is 54.1 cm³/mol. The highest BCUT2D eigenvalue weighted by Gasteiger charge is 2.27. The Bertz CT molecular complexity index is 304. The minimum Gasteiger partial charge on any atom is -0.400 e. The van der Waals surface area contributed by atoms with E-state index in [-0.39, 0.29) is 12.0 Å². The van der Waals surface area contributed by atoms with Crippen molar-refractivity contribution < 1.29 is 23.1 Å². The van der Waals surface area contributed by atoms with Gasteiger partial charge in [-0.3, -0.25) is 0 Å². The Morgan fingerprint density at radius 3 is 1.94 bits per heavy atom. The van der Waals surface area contributed by atoms with E-state index in [2.05, 4.69) is 0 Å². The largest absolute Gasteiger partial charge is 0.400 e. The highest BCUT2D eigenvalue weighted by molar-refractivity contribution is 5.54. The molecule has 1 N–H and O–H groups in total. The van der Waals surface area contributed by atoms with Crippen LogP contribution in [0.25, 0.3) is 0 Å². The molecule has 0 radical (unpaired) electrons. The third kappa shape index (κ3) is 6.19. The summed E-state index contributed by atoms with van der Waals surface area (Å²) >= 11 is 0. The topological polar surface area (TPSA) is 37.3 Å². The Morgan fingerprint density at radius 2 is 1.56 bits per heavy atom. The molecule has 16 heavy (non-hydrogen) atoms. The molecular formula is C11H13F3O2. The number of aldehydes is 1. The van der Waals surface area contributed by atoms with Crippen molar-refractivity contribution in [1.82, 2.24) is 0 Å². The zero-order valence-electron chi connectivity index (χ0n) is 8.79. The fourth-order valence-corrected chi connectivity index (χ4v) is 1.12. The van der Waals surface area contributed by atoms with Crippen LogP contribution in [0.15, 0.2) is 24.3 Å². The van der Waals surface area contributed by atoms with E-state index in [4.69, 9.17) is 5.11 Å². The minimum atomic E-state index is -4.17. The molecule has 2 nitrogen and oxygen atoms in total. The number of aliphatic hydroxyl groups excluding tert-OH is 1. The van der Waals surface area contributed by atoms with Crippen molar-refractivity contribution in [2.75, 3.05) is 7.11 Å². The number of carbonyl (C=O) groups is 1. The van der Waals surface area contributed by atoms with Crippen LogP contribution in [0.4, 0.5) is 13.2 Å². The van der Waals surface area contributed by atoms with Crippen molar-refractivity contribution in [1.29, 1.82) is 0 Å². The highest BCUT2D eigenvalue weighted by Crippen LogP contribution is 2.21. The molecule has 0 saturated carbocycles. The van der Waals surface area contributed by atoms with Crippen LogP contribution in [0, 0.1) is 0 Å². The van der Waals surface area contributed by atoms with Crippen LogP contribution in [0.5, 0.6) is 0 Å². The summed E-state index contributed by atoms with van der Waals surface area (Å²) < 4.78 is 35.8. The van der Waals surface area contributed by atoms with E-state index in [0.29, 0.717) is 0 Å². The van der Waals surface area contributed by atoms with E-state index in [9.17, 15) is 18.0 Å². The van der Waals surface area contributed by atoms with Gasteiger partial charge in [0.2, 0.25) is 0 Å². The molecule has 90 valence electrons. The van der Waals surface area contributed by atoms with Crippen molar-refractivity contribution in [3.05, 3.63) is 35.4 Å². The quantitative estimate of drug-likeness (QED) is 0.813. The van der Waals surface area contributed by atoms with Crippen LogP contribution in [0.3, 0.4) is 0 Å². The fourth-order valence-electron chi connectivity index (χ4n) is 1.12. The number of carbonyl (C=O) groups excluding carboxylic acids is 1. The molecule has 0 amide bonds. The molecule has 0 spiro atoms. The predicted octanol–water partition coefficient (Wildman–Crippen LogP) is 2.14. The van der Waals surface area contributed by atoms with Gasteiger partial charge in [0.05, 0.1) is 6.42 Å².